The van der Waals surface area contributed by atoms with E-state index in [9.17, 15) is 9.59 Å². The second-order valence-corrected chi connectivity index (χ2v) is 3.47. The van der Waals surface area contributed by atoms with E-state index in [4.69, 9.17) is 10.2 Å². The highest BCUT2D eigenvalue weighted by molar-refractivity contribution is 9.10. The summed E-state index contributed by atoms with van der Waals surface area (Å²) in [6, 6.07) is 4.50. The Bertz CT molecular complexity index is 408. The molecule has 0 spiro atoms. The van der Waals surface area contributed by atoms with Crippen LogP contribution in [-0.2, 0) is 0 Å². The van der Waals surface area contributed by atoms with Gasteiger partial charge >= 0.3 is 12.2 Å². The minimum Gasteiger partial charge on any atom is -0.465 e. The first-order chi connectivity index (χ1) is 6.99. The standard InChI is InChI=1S/C8H7BrN2O4/c9-4-1-2-5(10-7(12)13)6(3-4)11-8(14)15/h1-3,10-11H,(H,12,13)(H,14,15). The van der Waals surface area contributed by atoms with E-state index in [1.165, 1.54) is 12.1 Å². The van der Waals surface area contributed by atoms with Crippen molar-refractivity contribution in [2.75, 3.05) is 10.6 Å². The van der Waals surface area contributed by atoms with E-state index in [0.717, 1.165) is 0 Å². The second-order valence-electron chi connectivity index (χ2n) is 2.55. The molecule has 80 valence electrons. The van der Waals surface area contributed by atoms with Gasteiger partial charge in [-0.3, -0.25) is 10.6 Å². The summed E-state index contributed by atoms with van der Waals surface area (Å²) < 4.78 is 0.641. The predicted molar refractivity (Wildman–Crippen MR) is 57.4 cm³/mol. The fourth-order valence-electron chi connectivity index (χ4n) is 0.959. The minimum atomic E-state index is -1.26. The van der Waals surface area contributed by atoms with Crippen molar-refractivity contribution in [3.8, 4) is 0 Å². The van der Waals surface area contributed by atoms with Gasteiger partial charge in [0.15, 0.2) is 0 Å². The average molecular weight is 275 g/mol. The molecule has 1 rings (SSSR count). The van der Waals surface area contributed by atoms with E-state index in [-0.39, 0.29) is 11.4 Å². The Labute approximate surface area is 93.0 Å². The molecule has 0 atom stereocenters. The monoisotopic (exact) mass is 274 g/mol. The van der Waals surface area contributed by atoms with E-state index in [2.05, 4.69) is 26.6 Å². The van der Waals surface area contributed by atoms with Gasteiger partial charge in [0.2, 0.25) is 0 Å². The Morgan fingerprint density at radius 2 is 1.60 bits per heavy atom. The Kier molecular flexibility index (Phi) is 3.51. The zero-order valence-electron chi connectivity index (χ0n) is 7.32. The maximum absolute atomic E-state index is 10.4. The molecule has 2 amide bonds. The van der Waals surface area contributed by atoms with Crippen molar-refractivity contribution in [3.05, 3.63) is 22.7 Å². The number of nitrogens with one attached hydrogen (secondary N) is 2. The maximum Gasteiger partial charge on any atom is 0.409 e. The van der Waals surface area contributed by atoms with Crippen LogP contribution in [0, 0.1) is 0 Å². The topological polar surface area (TPSA) is 98.7 Å². The SMILES string of the molecule is O=C(O)Nc1ccc(Br)cc1NC(=O)O. The lowest BCUT2D eigenvalue weighted by Crippen LogP contribution is -2.13. The number of amides is 2. The van der Waals surface area contributed by atoms with E-state index < -0.39 is 12.2 Å². The first-order valence-electron chi connectivity index (χ1n) is 3.78. The van der Waals surface area contributed by atoms with Gasteiger partial charge in [-0.1, -0.05) is 15.9 Å². The van der Waals surface area contributed by atoms with Gasteiger partial charge in [-0.2, -0.15) is 0 Å². The average Bonchev–Trinajstić information content (AvgIpc) is 2.08. The molecule has 0 aliphatic heterocycles. The van der Waals surface area contributed by atoms with Crippen molar-refractivity contribution < 1.29 is 19.8 Å². The largest absolute Gasteiger partial charge is 0.465 e. The van der Waals surface area contributed by atoms with Crippen LogP contribution in [0.3, 0.4) is 0 Å². The van der Waals surface area contributed by atoms with E-state index in [0.29, 0.717) is 4.47 Å². The van der Waals surface area contributed by atoms with Crippen LogP contribution in [0.15, 0.2) is 22.7 Å². The quantitative estimate of drug-likeness (QED) is 0.666. The Morgan fingerprint density at radius 3 is 2.13 bits per heavy atom. The van der Waals surface area contributed by atoms with Crippen LogP contribution in [0.4, 0.5) is 21.0 Å². The first kappa shape index (κ1) is 11.3. The third-order valence-electron chi connectivity index (χ3n) is 1.46. The second kappa shape index (κ2) is 4.65. The highest BCUT2D eigenvalue weighted by Gasteiger charge is 2.08. The highest BCUT2D eigenvalue weighted by Crippen LogP contribution is 2.25. The molecule has 0 aromatic heterocycles. The number of hydrogen-bond acceptors (Lipinski definition) is 2. The first-order valence-corrected chi connectivity index (χ1v) is 4.58. The molecule has 6 nitrogen and oxygen atoms in total. The number of rotatable bonds is 2. The van der Waals surface area contributed by atoms with Crippen LogP contribution < -0.4 is 10.6 Å². The number of anilines is 2. The number of hydrogen-bond donors (Lipinski definition) is 4. The summed E-state index contributed by atoms with van der Waals surface area (Å²) >= 11 is 3.14. The molecule has 0 unspecified atom stereocenters. The molecule has 0 fully saturated rings. The predicted octanol–water partition coefficient (Wildman–Crippen LogP) is 2.63. The van der Waals surface area contributed by atoms with Crippen LogP contribution in [0.5, 0.6) is 0 Å². The molecule has 1 aromatic carbocycles. The van der Waals surface area contributed by atoms with Crippen molar-refractivity contribution >= 4 is 39.5 Å². The number of carboxylic acid groups (broad SMARTS) is 2. The molecular formula is C8H7BrN2O4. The van der Waals surface area contributed by atoms with Gasteiger partial charge < -0.3 is 10.2 Å². The van der Waals surface area contributed by atoms with Gasteiger partial charge in [-0.05, 0) is 18.2 Å². The number of benzene rings is 1. The fourth-order valence-corrected chi connectivity index (χ4v) is 1.32. The number of carbonyl (C=O) groups is 2. The fraction of sp³-hybridized carbons (Fsp3) is 0. The lowest BCUT2D eigenvalue weighted by Gasteiger charge is -2.08. The molecule has 0 saturated heterocycles. The Morgan fingerprint density at radius 1 is 1.07 bits per heavy atom. The zero-order chi connectivity index (χ0) is 11.4. The van der Waals surface area contributed by atoms with Crippen molar-refractivity contribution in [3.63, 3.8) is 0 Å². The minimum absolute atomic E-state index is 0.166. The summed E-state index contributed by atoms with van der Waals surface area (Å²) in [4.78, 5) is 20.8. The molecule has 7 heteroatoms. The van der Waals surface area contributed by atoms with Crippen molar-refractivity contribution in [1.82, 2.24) is 0 Å². The molecular weight excluding hydrogens is 268 g/mol. The van der Waals surface area contributed by atoms with Crippen LogP contribution in [0.2, 0.25) is 0 Å². The van der Waals surface area contributed by atoms with E-state index >= 15 is 0 Å². The molecule has 0 aliphatic carbocycles. The molecule has 1 aromatic rings. The molecule has 4 N–H and O–H groups in total. The lowest BCUT2D eigenvalue weighted by atomic mass is 10.2. The normalized spacial score (nSPS) is 9.40. The van der Waals surface area contributed by atoms with Gasteiger partial charge in [0, 0.05) is 4.47 Å². The highest BCUT2D eigenvalue weighted by atomic mass is 79.9. The molecule has 0 radical (unpaired) electrons. The summed E-state index contributed by atoms with van der Waals surface area (Å²) in [5, 5.41) is 21.2. The maximum atomic E-state index is 10.4. The van der Waals surface area contributed by atoms with Crippen LogP contribution in [-0.4, -0.2) is 22.4 Å². The lowest BCUT2D eigenvalue weighted by molar-refractivity contribution is 0.208. The summed E-state index contributed by atoms with van der Waals surface area (Å²) in [7, 11) is 0. The van der Waals surface area contributed by atoms with Crippen LogP contribution in [0.25, 0.3) is 0 Å². The van der Waals surface area contributed by atoms with Crippen LogP contribution >= 0.6 is 15.9 Å². The Balaban J connectivity index is 3.02. The zero-order valence-corrected chi connectivity index (χ0v) is 8.91. The van der Waals surface area contributed by atoms with E-state index in [1.54, 1.807) is 6.07 Å². The van der Waals surface area contributed by atoms with Gasteiger partial charge in [0.25, 0.3) is 0 Å². The van der Waals surface area contributed by atoms with E-state index in [1.807, 2.05) is 0 Å². The van der Waals surface area contributed by atoms with Gasteiger partial charge in [-0.15, -0.1) is 0 Å². The molecule has 15 heavy (non-hydrogen) atoms. The summed E-state index contributed by atoms with van der Waals surface area (Å²) in [6.45, 7) is 0. The third kappa shape index (κ3) is 3.47. The Hall–Kier alpha value is -1.76. The van der Waals surface area contributed by atoms with Crippen molar-refractivity contribution in [2.45, 2.75) is 0 Å². The van der Waals surface area contributed by atoms with Crippen molar-refractivity contribution in [1.29, 1.82) is 0 Å². The molecule has 0 heterocycles. The van der Waals surface area contributed by atoms with Crippen LogP contribution in [0.1, 0.15) is 0 Å². The van der Waals surface area contributed by atoms with Gasteiger partial charge in [0.1, 0.15) is 0 Å². The molecule has 0 bridgehead atoms. The summed E-state index contributed by atoms with van der Waals surface area (Å²) in [5.41, 5.74) is 0.340. The van der Waals surface area contributed by atoms with Crippen molar-refractivity contribution in [2.24, 2.45) is 0 Å². The summed E-state index contributed by atoms with van der Waals surface area (Å²) in [5.74, 6) is 0. The van der Waals surface area contributed by atoms with Gasteiger partial charge in [0.05, 0.1) is 11.4 Å². The number of halogens is 1. The smallest absolute Gasteiger partial charge is 0.409 e. The summed E-state index contributed by atoms with van der Waals surface area (Å²) in [6.07, 6.45) is -2.52. The molecule has 0 aliphatic rings. The molecule has 0 saturated carbocycles. The third-order valence-corrected chi connectivity index (χ3v) is 1.96. The van der Waals surface area contributed by atoms with Gasteiger partial charge in [-0.25, -0.2) is 9.59 Å².